The fourth-order valence-electron chi connectivity index (χ4n) is 4.81. The van der Waals surface area contributed by atoms with E-state index < -0.39 is 18.0 Å². The third-order valence-corrected chi connectivity index (χ3v) is 6.95. The average Bonchev–Trinajstić information content (AvgIpc) is 3.06. The van der Waals surface area contributed by atoms with Gasteiger partial charge in [-0.15, -0.1) is 0 Å². The van der Waals surface area contributed by atoms with Gasteiger partial charge in [0.25, 0.3) is 5.91 Å². The largest absolute Gasteiger partial charge is 0.490 e. The molecular weight excluding hydrogens is 507 g/mol. The number of likely N-dealkylation sites (tertiary alicyclic amines) is 2. The molecule has 2 aromatic rings. The van der Waals surface area contributed by atoms with Crippen LogP contribution in [0.1, 0.15) is 48.0 Å². The van der Waals surface area contributed by atoms with Crippen LogP contribution in [0.3, 0.4) is 0 Å². The Morgan fingerprint density at radius 2 is 1.56 bits per heavy atom. The van der Waals surface area contributed by atoms with Crippen molar-refractivity contribution in [2.75, 3.05) is 19.6 Å². The Morgan fingerprint density at radius 1 is 0.944 bits per heavy atom. The molecule has 11 heteroatoms. The van der Waals surface area contributed by atoms with E-state index in [2.05, 4.69) is 4.90 Å². The fraction of sp³-hybridized carbons (Fsp3) is 0.440. The number of carbonyl (C=O) groups is 2. The maximum absolute atomic E-state index is 13.8. The summed E-state index contributed by atoms with van der Waals surface area (Å²) in [6.07, 6.45) is 0.0219. The summed E-state index contributed by atoms with van der Waals surface area (Å²) in [4.78, 5) is 26.1. The number of halogens is 6. The van der Waals surface area contributed by atoms with E-state index >= 15 is 0 Å². The number of aliphatic carboxylic acids is 1. The number of nitrogens with zero attached hydrogens (tertiary/aromatic N) is 2. The third kappa shape index (κ3) is 6.94. The van der Waals surface area contributed by atoms with Gasteiger partial charge in [0, 0.05) is 30.7 Å². The zero-order valence-corrected chi connectivity index (χ0v) is 20.1. The zero-order valence-electron chi connectivity index (χ0n) is 19.3. The molecule has 196 valence electrons. The molecule has 1 unspecified atom stereocenters. The first-order valence-corrected chi connectivity index (χ1v) is 11.8. The molecular formula is C25H26ClF5N2O3. The molecule has 36 heavy (non-hydrogen) atoms. The van der Waals surface area contributed by atoms with Crippen LogP contribution >= 0.6 is 11.6 Å². The molecule has 1 spiro atoms. The molecule has 2 saturated heterocycles. The van der Waals surface area contributed by atoms with E-state index in [1.165, 1.54) is 24.3 Å². The number of hydrogen-bond donors (Lipinski definition) is 1. The minimum absolute atomic E-state index is 0.0266. The summed E-state index contributed by atoms with van der Waals surface area (Å²) in [7, 11) is 0. The summed E-state index contributed by atoms with van der Waals surface area (Å²) in [6.45, 7) is 3.16. The van der Waals surface area contributed by atoms with Gasteiger partial charge in [-0.1, -0.05) is 23.7 Å². The highest BCUT2D eigenvalue weighted by molar-refractivity contribution is 6.30. The van der Waals surface area contributed by atoms with Crippen LogP contribution in [-0.4, -0.2) is 58.1 Å². The predicted molar refractivity (Wildman–Crippen MR) is 124 cm³/mol. The normalized spacial score (nSPS) is 20.6. The molecule has 0 bridgehead atoms. The van der Waals surface area contributed by atoms with Crippen LogP contribution < -0.4 is 0 Å². The van der Waals surface area contributed by atoms with Crippen molar-refractivity contribution in [3.8, 4) is 0 Å². The maximum Gasteiger partial charge on any atom is 0.490 e. The Hall–Kier alpha value is -2.72. The molecule has 0 aromatic heterocycles. The van der Waals surface area contributed by atoms with Gasteiger partial charge in [0.1, 0.15) is 11.6 Å². The Balaban J connectivity index is 0.000000454. The van der Waals surface area contributed by atoms with Crippen LogP contribution in [0.2, 0.25) is 5.02 Å². The van der Waals surface area contributed by atoms with Crippen molar-refractivity contribution < 1.29 is 36.6 Å². The van der Waals surface area contributed by atoms with Crippen molar-refractivity contribution in [1.82, 2.24) is 9.80 Å². The molecule has 0 aliphatic carbocycles. The van der Waals surface area contributed by atoms with Gasteiger partial charge in [-0.3, -0.25) is 9.69 Å². The van der Waals surface area contributed by atoms with Crippen molar-refractivity contribution in [2.24, 2.45) is 0 Å². The minimum Gasteiger partial charge on any atom is -0.475 e. The van der Waals surface area contributed by atoms with Crippen molar-refractivity contribution in [3.63, 3.8) is 0 Å². The monoisotopic (exact) mass is 532 g/mol. The van der Waals surface area contributed by atoms with Gasteiger partial charge >= 0.3 is 12.1 Å². The Morgan fingerprint density at radius 3 is 2.14 bits per heavy atom. The van der Waals surface area contributed by atoms with E-state index in [-0.39, 0.29) is 22.3 Å². The number of hydrogen-bond acceptors (Lipinski definition) is 3. The molecule has 2 fully saturated rings. The van der Waals surface area contributed by atoms with E-state index in [1.807, 2.05) is 17.0 Å². The standard InChI is InChI=1S/C23H25ClF2N2O.C2HF3O2/c24-20-8-5-18(15-21(20)26)22(29)27-12-1-9-23(11-14-27)10-2-13-28(23)16-17-3-6-19(25)7-4-17;3-2(4,5)1(6)7/h3-8,15H,1-2,9-14,16H2;(H,6,7). The van der Waals surface area contributed by atoms with Crippen molar-refractivity contribution >= 4 is 23.5 Å². The SMILES string of the molecule is O=C(O)C(F)(F)F.O=C(c1ccc(Cl)c(F)c1)N1CCCC2(CCCN2Cc2ccc(F)cc2)CC1. The number of carbonyl (C=O) groups excluding carboxylic acids is 1. The van der Waals surface area contributed by atoms with E-state index in [0.29, 0.717) is 18.7 Å². The van der Waals surface area contributed by atoms with E-state index in [1.54, 1.807) is 6.07 Å². The first-order chi connectivity index (χ1) is 16.9. The first kappa shape index (κ1) is 27.9. The summed E-state index contributed by atoms with van der Waals surface area (Å²) in [6, 6.07) is 11.0. The smallest absolute Gasteiger partial charge is 0.475 e. The van der Waals surface area contributed by atoms with Crippen LogP contribution in [0, 0.1) is 11.6 Å². The van der Waals surface area contributed by atoms with Gasteiger partial charge in [0.15, 0.2) is 0 Å². The van der Waals surface area contributed by atoms with E-state index in [0.717, 1.165) is 50.8 Å². The number of amides is 1. The van der Waals surface area contributed by atoms with E-state index in [9.17, 15) is 26.7 Å². The highest BCUT2D eigenvalue weighted by Crippen LogP contribution is 2.39. The van der Waals surface area contributed by atoms with Crippen LogP contribution in [0.5, 0.6) is 0 Å². The quantitative estimate of drug-likeness (QED) is 0.499. The third-order valence-electron chi connectivity index (χ3n) is 6.64. The van der Waals surface area contributed by atoms with Crippen LogP contribution in [0.15, 0.2) is 42.5 Å². The number of alkyl halides is 3. The molecule has 1 atom stereocenters. The van der Waals surface area contributed by atoms with Gasteiger partial charge in [0.05, 0.1) is 5.02 Å². The second-order valence-corrected chi connectivity index (χ2v) is 9.36. The molecule has 1 amide bonds. The van der Waals surface area contributed by atoms with Gasteiger partial charge in [-0.05, 0) is 74.5 Å². The lowest BCUT2D eigenvalue weighted by atomic mass is 9.87. The van der Waals surface area contributed by atoms with Crippen LogP contribution in [0.25, 0.3) is 0 Å². The lowest BCUT2D eigenvalue weighted by molar-refractivity contribution is -0.192. The maximum atomic E-state index is 13.8. The lowest BCUT2D eigenvalue weighted by Crippen LogP contribution is -2.44. The van der Waals surface area contributed by atoms with Crippen LogP contribution in [0.4, 0.5) is 22.0 Å². The van der Waals surface area contributed by atoms with Crippen molar-refractivity contribution in [1.29, 1.82) is 0 Å². The molecule has 2 heterocycles. The Kier molecular flexibility index (Phi) is 8.94. The predicted octanol–water partition coefficient (Wildman–Crippen LogP) is 5.91. The van der Waals surface area contributed by atoms with Gasteiger partial charge < -0.3 is 10.0 Å². The fourth-order valence-corrected chi connectivity index (χ4v) is 4.93. The summed E-state index contributed by atoms with van der Waals surface area (Å²) in [5, 5.41) is 7.15. The summed E-state index contributed by atoms with van der Waals surface area (Å²) in [5.41, 5.74) is 1.54. The average molecular weight is 533 g/mol. The van der Waals surface area contributed by atoms with E-state index in [4.69, 9.17) is 21.5 Å². The van der Waals surface area contributed by atoms with Gasteiger partial charge in [-0.2, -0.15) is 13.2 Å². The molecule has 0 radical (unpaired) electrons. The number of rotatable bonds is 3. The van der Waals surface area contributed by atoms with Gasteiger partial charge in [0.2, 0.25) is 0 Å². The molecule has 4 rings (SSSR count). The molecule has 0 saturated carbocycles. The minimum atomic E-state index is -5.08. The molecule has 2 aliphatic heterocycles. The first-order valence-electron chi connectivity index (χ1n) is 11.5. The number of benzene rings is 2. The molecule has 5 nitrogen and oxygen atoms in total. The molecule has 1 N–H and O–H groups in total. The lowest BCUT2D eigenvalue weighted by Gasteiger charge is -2.38. The highest BCUT2D eigenvalue weighted by Gasteiger charge is 2.42. The highest BCUT2D eigenvalue weighted by atomic mass is 35.5. The summed E-state index contributed by atoms with van der Waals surface area (Å²) in [5.74, 6) is -3.68. The topological polar surface area (TPSA) is 60.9 Å². The molecule has 2 aliphatic rings. The molecule has 2 aromatic carbocycles. The Bertz CT molecular complexity index is 1080. The number of carboxylic acids is 1. The Labute approximate surface area is 210 Å². The second kappa shape index (κ2) is 11.6. The van der Waals surface area contributed by atoms with Crippen LogP contribution in [-0.2, 0) is 11.3 Å². The summed E-state index contributed by atoms with van der Waals surface area (Å²) >= 11 is 5.74. The van der Waals surface area contributed by atoms with Gasteiger partial charge in [-0.25, -0.2) is 13.6 Å². The van der Waals surface area contributed by atoms with Crippen molar-refractivity contribution in [3.05, 3.63) is 70.2 Å². The summed E-state index contributed by atoms with van der Waals surface area (Å²) < 4.78 is 58.7. The second-order valence-electron chi connectivity index (χ2n) is 8.95. The zero-order chi connectivity index (χ0) is 26.5. The van der Waals surface area contributed by atoms with Crippen molar-refractivity contribution in [2.45, 2.75) is 50.4 Å². The number of carboxylic acid groups (broad SMARTS) is 1.